The zero-order valence-electron chi connectivity index (χ0n) is 15.1. The predicted octanol–water partition coefficient (Wildman–Crippen LogP) is 3.05. The van der Waals surface area contributed by atoms with Crippen LogP contribution in [0.5, 0.6) is 5.75 Å². The topological polar surface area (TPSA) is 63.7 Å². The minimum atomic E-state index is -3.08. The summed E-state index contributed by atoms with van der Waals surface area (Å²) in [5, 5.41) is 0. The first-order valence-corrected chi connectivity index (χ1v) is 10.7. The van der Waals surface area contributed by atoms with Gasteiger partial charge in [-0.3, -0.25) is 4.79 Å². The zero-order chi connectivity index (χ0) is 19.4. The molecule has 1 aliphatic rings. The number of sulfone groups is 1. The SMILES string of the molecule is CCN(C(=O)c1ccccc1OCc1ccc(F)cc1)[C@@H]1CCS(=O)(=O)C1. The van der Waals surface area contributed by atoms with Crippen LogP contribution in [0.2, 0.25) is 0 Å². The van der Waals surface area contributed by atoms with Gasteiger partial charge in [-0.1, -0.05) is 24.3 Å². The zero-order valence-corrected chi connectivity index (χ0v) is 15.9. The van der Waals surface area contributed by atoms with Gasteiger partial charge in [0, 0.05) is 12.6 Å². The second kappa shape index (κ2) is 8.08. The Morgan fingerprint density at radius 3 is 2.52 bits per heavy atom. The Balaban J connectivity index is 1.77. The number of hydrogen-bond donors (Lipinski definition) is 0. The van der Waals surface area contributed by atoms with Crippen molar-refractivity contribution >= 4 is 15.7 Å². The first kappa shape index (κ1) is 19.4. The lowest BCUT2D eigenvalue weighted by Gasteiger charge is -2.27. The molecule has 1 aliphatic heterocycles. The smallest absolute Gasteiger partial charge is 0.257 e. The van der Waals surface area contributed by atoms with Crippen LogP contribution in [-0.2, 0) is 16.4 Å². The minimum Gasteiger partial charge on any atom is -0.488 e. The number of benzene rings is 2. The van der Waals surface area contributed by atoms with Gasteiger partial charge in [-0.25, -0.2) is 12.8 Å². The Hall–Kier alpha value is -2.41. The van der Waals surface area contributed by atoms with Crippen molar-refractivity contribution < 1.29 is 22.3 Å². The Kier molecular flexibility index (Phi) is 5.79. The average Bonchev–Trinajstić information content (AvgIpc) is 3.01. The molecule has 0 aliphatic carbocycles. The van der Waals surface area contributed by atoms with Crippen molar-refractivity contribution in [2.45, 2.75) is 26.0 Å². The summed E-state index contributed by atoms with van der Waals surface area (Å²) in [6.07, 6.45) is 0.459. The van der Waals surface area contributed by atoms with Crippen LogP contribution >= 0.6 is 0 Å². The van der Waals surface area contributed by atoms with E-state index in [2.05, 4.69) is 0 Å². The highest BCUT2D eigenvalue weighted by atomic mass is 32.2. The third-order valence-corrected chi connectivity index (χ3v) is 6.43. The van der Waals surface area contributed by atoms with Gasteiger partial charge in [0.15, 0.2) is 9.84 Å². The van der Waals surface area contributed by atoms with E-state index in [4.69, 9.17) is 4.74 Å². The molecule has 0 spiro atoms. The van der Waals surface area contributed by atoms with E-state index < -0.39 is 9.84 Å². The van der Waals surface area contributed by atoms with Crippen molar-refractivity contribution in [2.24, 2.45) is 0 Å². The summed E-state index contributed by atoms with van der Waals surface area (Å²) in [6.45, 7) is 2.46. The summed E-state index contributed by atoms with van der Waals surface area (Å²) < 4.78 is 42.4. The van der Waals surface area contributed by atoms with E-state index in [1.807, 2.05) is 6.92 Å². The molecule has 0 aromatic heterocycles. The van der Waals surface area contributed by atoms with Crippen LogP contribution in [0.3, 0.4) is 0 Å². The highest BCUT2D eigenvalue weighted by molar-refractivity contribution is 7.91. The lowest BCUT2D eigenvalue weighted by molar-refractivity contribution is 0.0703. The lowest BCUT2D eigenvalue weighted by Crippen LogP contribution is -2.41. The molecule has 1 heterocycles. The van der Waals surface area contributed by atoms with Gasteiger partial charge >= 0.3 is 0 Å². The molecule has 3 rings (SSSR count). The molecule has 1 fully saturated rings. The molecule has 0 saturated carbocycles. The van der Waals surface area contributed by atoms with E-state index in [0.717, 1.165) is 5.56 Å². The molecule has 5 nitrogen and oxygen atoms in total. The van der Waals surface area contributed by atoms with Crippen molar-refractivity contribution in [2.75, 3.05) is 18.1 Å². The van der Waals surface area contributed by atoms with Gasteiger partial charge in [0.2, 0.25) is 0 Å². The first-order chi connectivity index (χ1) is 12.9. The van der Waals surface area contributed by atoms with Gasteiger partial charge in [-0.15, -0.1) is 0 Å². The number of carbonyl (C=O) groups is 1. The molecule has 1 amide bonds. The fourth-order valence-corrected chi connectivity index (χ4v) is 4.99. The molecule has 2 aromatic rings. The largest absolute Gasteiger partial charge is 0.488 e. The molecular formula is C20H22FNO4S. The number of nitrogens with zero attached hydrogens (tertiary/aromatic N) is 1. The standard InChI is InChI=1S/C20H22FNO4S/c1-2-22(17-11-12-27(24,25)14-17)20(23)18-5-3-4-6-19(18)26-13-15-7-9-16(21)10-8-15/h3-10,17H,2,11-14H2,1H3/t17-/m1/s1. The molecule has 27 heavy (non-hydrogen) atoms. The summed E-state index contributed by atoms with van der Waals surface area (Å²) in [7, 11) is -3.08. The fourth-order valence-electron chi connectivity index (χ4n) is 3.25. The number of ether oxygens (including phenoxy) is 1. The Labute approximate surface area is 158 Å². The second-order valence-corrected chi connectivity index (χ2v) is 8.79. The van der Waals surface area contributed by atoms with Crippen LogP contribution < -0.4 is 4.74 Å². The predicted molar refractivity (Wildman–Crippen MR) is 101 cm³/mol. The first-order valence-electron chi connectivity index (χ1n) is 8.87. The summed E-state index contributed by atoms with van der Waals surface area (Å²) in [6, 6.07) is 12.6. The second-order valence-electron chi connectivity index (χ2n) is 6.56. The number of para-hydroxylation sites is 1. The van der Waals surface area contributed by atoms with Crippen molar-refractivity contribution in [3.63, 3.8) is 0 Å². The van der Waals surface area contributed by atoms with E-state index in [0.29, 0.717) is 24.3 Å². The summed E-state index contributed by atoms with van der Waals surface area (Å²) >= 11 is 0. The van der Waals surface area contributed by atoms with Gasteiger partial charge < -0.3 is 9.64 Å². The number of hydrogen-bond acceptors (Lipinski definition) is 4. The fraction of sp³-hybridized carbons (Fsp3) is 0.350. The average molecular weight is 391 g/mol. The minimum absolute atomic E-state index is 0.00514. The van der Waals surface area contributed by atoms with Crippen LogP contribution in [0.4, 0.5) is 4.39 Å². The van der Waals surface area contributed by atoms with E-state index in [-0.39, 0.29) is 35.9 Å². The van der Waals surface area contributed by atoms with E-state index in [1.165, 1.54) is 12.1 Å². The van der Waals surface area contributed by atoms with Gasteiger partial charge in [0.1, 0.15) is 18.2 Å². The highest BCUT2D eigenvalue weighted by Gasteiger charge is 2.34. The maximum atomic E-state index is 13.1. The van der Waals surface area contributed by atoms with Crippen LogP contribution in [0.25, 0.3) is 0 Å². The lowest BCUT2D eigenvalue weighted by atomic mass is 10.1. The van der Waals surface area contributed by atoms with Gasteiger partial charge in [-0.05, 0) is 43.2 Å². The normalized spacial score (nSPS) is 18.2. The number of carbonyl (C=O) groups excluding carboxylic acids is 1. The maximum absolute atomic E-state index is 13.1. The molecule has 0 radical (unpaired) electrons. The quantitative estimate of drug-likeness (QED) is 0.759. The van der Waals surface area contributed by atoms with E-state index >= 15 is 0 Å². The van der Waals surface area contributed by atoms with Crippen molar-refractivity contribution in [1.29, 1.82) is 0 Å². The number of rotatable bonds is 6. The van der Waals surface area contributed by atoms with Gasteiger partial charge in [0.25, 0.3) is 5.91 Å². The Bertz CT molecular complexity index is 912. The molecule has 2 aromatic carbocycles. The van der Waals surface area contributed by atoms with Crippen molar-refractivity contribution in [3.05, 3.63) is 65.5 Å². The Morgan fingerprint density at radius 2 is 1.89 bits per heavy atom. The summed E-state index contributed by atoms with van der Waals surface area (Å²) in [5.74, 6) is -0.0186. The molecule has 1 saturated heterocycles. The third-order valence-electron chi connectivity index (χ3n) is 4.68. The number of amides is 1. The molecule has 7 heteroatoms. The molecule has 0 N–H and O–H groups in total. The molecular weight excluding hydrogens is 369 g/mol. The van der Waals surface area contributed by atoms with E-state index in [9.17, 15) is 17.6 Å². The molecule has 144 valence electrons. The monoisotopic (exact) mass is 391 g/mol. The van der Waals surface area contributed by atoms with Crippen LogP contribution in [0.15, 0.2) is 48.5 Å². The highest BCUT2D eigenvalue weighted by Crippen LogP contribution is 2.25. The van der Waals surface area contributed by atoms with Crippen LogP contribution in [-0.4, -0.2) is 43.3 Å². The van der Waals surface area contributed by atoms with Crippen molar-refractivity contribution in [1.82, 2.24) is 4.90 Å². The van der Waals surface area contributed by atoms with Crippen LogP contribution in [0.1, 0.15) is 29.3 Å². The van der Waals surface area contributed by atoms with E-state index in [1.54, 1.807) is 41.3 Å². The summed E-state index contributed by atoms with van der Waals surface area (Å²) in [5.41, 5.74) is 1.18. The Morgan fingerprint density at radius 1 is 1.19 bits per heavy atom. The van der Waals surface area contributed by atoms with Gasteiger partial charge in [0.05, 0.1) is 17.1 Å². The molecule has 1 atom stereocenters. The molecule has 0 bridgehead atoms. The summed E-state index contributed by atoms with van der Waals surface area (Å²) in [4.78, 5) is 14.7. The van der Waals surface area contributed by atoms with Crippen molar-refractivity contribution in [3.8, 4) is 5.75 Å². The van der Waals surface area contributed by atoms with Gasteiger partial charge in [-0.2, -0.15) is 0 Å². The maximum Gasteiger partial charge on any atom is 0.257 e. The van der Waals surface area contributed by atoms with Crippen LogP contribution in [0, 0.1) is 5.82 Å². The number of halogens is 1. The third kappa shape index (κ3) is 4.66. The molecule has 0 unspecified atom stereocenters.